The van der Waals surface area contributed by atoms with Gasteiger partial charge in [-0.1, -0.05) is 40.2 Å². The maximum atomic E-state index is 12.7. The van der Waals surface area contributed by atoms with Gasteiger partial charge in [0.05, 0.1) is 24.7 Å². The smallest absolute Gasteiger partial charge is 0.272 e. The number of carbonyl (C=O) groups excluding carboxylic acids is 1. The zero-order valence-corrected chi connectivity index (χ0v) is 19.3. The van der Waals surface area contributed by atoms with Crippen LogP contribution in [0.3, 0.4) is 0 Å². The summed E-state index contributed by atoms with van der Waals surface area (Å²) in [4.78, 5) is 29.7. The Morgan fingerprint density at radius 3 is 2.59 bits per heavy atom. The molecule has 0 saturated heterocycles. The van der Waals surface area contributed by atoms with Crippen molar-refractivity contribution >= 4 is 32.9 Å². The lowest BCUT2D eigenvalue weighted by Gasteiger charge is -2.12. The number of para-hydroxylation sites is 2. The van der Waals surface area contributed by atoms with Crippen LogP contribution < -0.4 is 15.6 Å². The molecule has 1 amide bonds. The third kappa shape index (κ3) is 4.57. The number of methoxy groups -OCH3 is 1. The van der Waals surface area contributed by atoms with Gasteiger partial charge in [-0.2, -0.15) is 0 Å². The molecule has 0 radical (unpaired) electrons. The average Bonchev–Trinajstić information content (AvgIpc) is 2.81. The van der Waals surface area contributed by atoms with E-state index in [2.05, 4.69) is 26.2 Å². The first-order valence-corrected chi connectivity index (χ1v) is 10.9. The fraction of sp³-hybridized carbons (Fsp3) is 0.160. The number of fused-ring (bicyclic) bond motifs is 1. The number of benzene rings is 3. The molecule has 0 aliphatic rings. The minimum atomic E-state index is -0.180. The molecule has 7 heteroatoms. The summed E-state index contributed by atoms with van der Waals surface area (Å²) in [6.45, 7) is 2.47. The van der Waals surface area contributed by atoms with Gasteiger partial charge >= 0.3 is 0 Å². The van der Waals surface area contributed by atoms with E-state index in [4.69, 9.17) is 4.74 Å². The zero-order valence-electron chi connectivity index (χ0n) is 17.8. The van der Waals surface area contributed by atoms with Gasteiger partial charge in [0.15, 0.2) is 0 Å². The van der Waals surface area contributed by atoms with Gasteiger partial charge < -0.3 is 14.6 Å². The molecule has 162 valence electrons. The highest BCUT2D eigenvalue weighted by Crippen LogP contribution is 2.23. The molecule has 3 aromatic carbocycles. The van der Waals surface area contributed by atoms with E-state index in [1.54, 1.807) is 30.7 Å². The fourth-order valence-corrected chi connectivity index (χ4v) is 3.99. The van der Waals surface area contributed by atoms with Gasteiger partial charge in [-0.3, -0.25) is 9.59 Å². The highest BCUT2D eigenvalue weighted by molar-refractivity contribution is 9.10. The lowest BCUT2D eigenvalue weighted by atomic mass is 10.1. The van der Waals surface area contributed by atoms with Crippen molar-refractivity contribution in [3.63, 3.8) is 0 Å². The Kier molecular flexibility index (Phi) is 6.37. The largest absolute Gasteiger partial charge is 0.496 e. The average molecular weight is 492 g/mol. The number of nitrogens with one attached hydrogen (secondary N) is 1. The maximum absolute atomic E-state index is 12.7. The Hall–Kier alpha value is -3.45. The molecule has 0 aliphatic carbocycles. The Labute approximate surface area is 194 Å². The van der Waals surface area contributed by atoms with E-state index in [-0.39, 0.29) is 11.5 Å². The van der Waals surface area contributed by atoms with Gasteiger partial charge in [0, 0.05) is 22.1 Å². The van der Waals surface area contributed by atoms with E-state index in [1.165, 1.54) is 0 Å². The molecule has 1 aromatic heterocycles. The summed E-state index contributed by atoms with van der Waals surface area (Å²) < 4.78 is 7.99. The summed E-state index contributed by atoms with van der Waals surface area (Å²) in [5, 5.41) is 2.92. The van der Waals surface area contributed by atoms with Crippen molar-refractivity contribution in [2.24, 2.45) is 0 Å². The van der Waals surface area contributed by atoms with Crippen molar-refractivity contribution in [3.8, 4) is 5.75 Å². The van der Waals surface area contributed by atoms with Crippen LogP contribution in [-0.4, -0.2) is 22.6 Å². The summed E-state index contributed by atoms with van der Waals surface area (Å²) in [6.07, 6.45) is 0. The minimum absolute atomic E-state index is 0.117. The molecule has 1 heterocycles. The summed E-state index contributed by atoms with van der Waals surface area (Å²) in [7, 11) is 1.60. The summed E-state index contributed by atoms with van der Waals surface area (Å²) in [5.74, 6) is 0.537. The van der Waals surface area contributed by atoms with Crippen LogP contribution in [0.15, 0.2) is 76.0 Å². The van der Waals surface area contributed by atoms with Crippen molar-refractivity contribution in [1.82, 2.24) is 14.9 Å². The lowest BCUT2D eigenvalue weighted by Crippen LogP contribution is -2.25. The SMILES string of the molecule is COc1ccc(Br)cc1CNC(=O)c1ccc(Cn2c(=O)c(C)nc3ccccc32)cc1. The molecule has 0 fully saturated rings. The van der Waals surface area contributed by atoms with Crippen molar-refractivity contribution in [2.45, 2.75) is 20.0 Å². The van der Waals surface area contributed by atoms with E-state index in [9.17, 15) is 9.59 Å². The van der Waals surface area contributed by atoms with E-state index in [0.29, 0.717) is 30.1 Å². The lowest BCUT2D eigenvalue weighted by molar-refractivity contribution is 0.0950. The number of aryl methyl sites for hydroxylation is 1. The first-order chi connectivity index (χ1) is 15.5. The van der Waals surface area contributed by atoms with Crippen LogP contribution in [-0.2, 0) is 13.1 Å². The number of hydrogen-bond acceptors (Lipinski definition) is 4. The molecule has 0 spiro atoms. The normalized spacial score (nSPS) is 10.8. The quantitative estimate of drug-likeness (QED) is 0.432. The summed E-state index contributed by atoms with van der Waals surface area (Å²) in [6, 6.07) is 20.5. The van der Waals surface area contributed by atoms with Gasteiger partial charge in [-0.15, -0.1) is 0 Å². The number of hydrogen-bond donors (Lipinski definition) is 1. The van der Waals surface area contributed by atoms with E-state index >= 15 is 0 Å². The third-order valence-electron chi connectivity index (χ3n) is 5.25. The monoisotopic (exact) mass is 491 g/mol. The molecule has 0 saturated carbocycles. The van der Waals surface area contributed by atoms with Gasteiger partial charge in [0.25, 0.3) is 11.5 Å². The van der Waals surface area contributed by atoms with E-state index < -0.39 is 0 Å². The number of amides is 1. The Balaban J connectivity index is 1.50. The third-order valence-corrected chi connectivity index (χ3v) is 5.75. The molecule has 4 aromatic rings. The van der Waals surface area contributed by atoms with Crippen LogP contribution in [0.4, 0.5) is 0 Å². The summed E-state index contributed by atoms with van der Waals surface area (Å²) >= 11 is 3.44. The van der Waals surface area contributed by atoms with E-state index in [0.717, 1.165) is 26.6 Å². The first-order valence-electron chi connectivity index (χ1n) is 10.1. The number of nitrogens with zero attached hydrogens (tertiary/aromatic N) is 2. The molecular weight excluding hydrogens is 470 g/mol. The van der Waals surface area contributed by atoms with Crippen molar-refractivity contribution in [1.29, 1.82) is 0 Å². The van der Waals surface area contributed by atoms with Gasteiger partial charge in [0.1, 0.15) is 11.4 Å². The molecule has 0 atom stereocenters. The molecular formula is C25H22BrN3O3. The van der Waals surface area contributed by atoms with Crippen LogP contribution in [0.2, 0.25) is 0 Å². The molecule has 4 rings (SSSR count). The highest BCUT2D eigenvalue weighted by Gasteiger charge is 2.11. The van der Waals surface area contributed by atoms with Gasteiger partial charge in [-0.25, -0.2) is 4.98 Å². The zero-order chi connectivity index (χ0) is 22.7. The number of rotatable bonds is 6. The molecule has 0 bridgehead atoms. The van der Waals surface area contributed by atoms with Gasteiger partial charge in [0.2, 0.25) is 0 Å². The highest BCUT2D eigenvalue weighted by atomic mass is 79.9. The van der Waals surface area contributed by atoms with Crippen LogP contribution in [0, 0.1) is 6.92 Å². The van der Waals surface area contributed by atoms with Crippen molar-refractivity contribution in [2.75, 3.05) is 7.11 Å². The topological polar surface area (TPSA) is 73.2 Å². The second-order valence-corrected chi connectivity index (χ2v) is 8.33. The molecule has 1 N–H and O–H groups in total. The molecule has 0 unspecified atom stereocenters. The first kappa shape index (κ1) is 21.8. The van der Waals surface area contributed by atoms with Crippen LogP contribution >= 0.6 is 15.9 Å². The fourth-order valence-electron chi connectivity index (χ4n) is 3.58. The van der Waals surface area contributed by atoms with Crippen molar-refractivity contribution in [3.05, 3.63) is 104 Å². The predicted molar refractivity (Wildman–Crippen MR) is 128 cm³/mol. The van der Waals surface area contributed by atoms with Crippen LogP contribution in [0.25, 0.3) is 11.0 Å². The number of halogens is 1. The Morgan fingerprint density at radius 1 is 1.09 bits per heavy atom. The standard InChI is InChI=1S/C25H22BrN3O3/c1-16-25(31)29(22-6-4-3-5-21(22)28-16)15-17-7-9-18(10-8-17)24(30)27-14-19-13-20(26)11-12-23(19)32-2/h3-13H,14-15H2,1-2H3,(H,27,30). The maximum Gasteiger partial charge on any atom is 0.272 e. The summed E-state index contributed by atoms with van der Waals surface area (Å²) in [5.41, 5.74) is 4.26. The van der Waals surface area contributed by atoms with Crippen LogP contribution in [0.5, 0.6) is 5.75 Å². The predicted octanol–water partition coefficient (Wildman–Crippen LogP) is 4.45. The van der Waals surface area contributed by atoms with E-state index in [1.807, 2.05) is 54.6 Å². The van der Waals surface area contributed by atoms with Gasteiger partial charge in [-0.05, 0) is 55.0 Å². The number of carbonyl (C=O) groups is 1. The number of ether oxygens (including phenoxy) is 1. The number of aromatic nitrogens is 2. The molecule has 0 aliphatic heterocycles. The molecule has 6 nitrogen and oxygen atoms in total. The second-order valence-electron chi connectivity index (χ2n) is 7.41. The second kappa shape index (κ2) is 9.36. The van der Waals surface area contributed by atoms with Crippen LogP contribution in [0.1, 0.15) is 27.2 Å². The molecule has 32 heavy (non-hydrogen) atoms. The van der Waals surface area contributed by atoms with Crippen molar-refractivity contribution < 1.29 is 9.53 Å². The Bertz CT molecular complexity index is 1350. The Morgan fingerprint density at radius 2 is 1.84 bits per heavy atom. The minimum Gasteiger partial charge on any atom is -0.496 e.